The third-order valence-electron chi connectivity index (χ3n) is 6.75. The molecule has 10 heteroatoms. The predicted octanol–water partition coefficient (Wildman–Crippen LogP) is 3.96. The van der Waals surface area contributed by atoms with E-state index in [1.54, 1.807) is 18.2 Å². The first kappa shape index (κ1) is 24.1. The second kappa shape index (κ2) is 9.11. The Morgan fingerprint density at radius 1 is 1.06 bits per heavy atom. The van der Waals surface area contributed by atoms with Crippen molar-refractivity contribution in [3.8, 4) is 17.2 Å². The zero-order valence-electron chi connectivity index (χ0n) is 19.7. The third kappa shape index (κ3) is 4.16. The Morgan fingerprint density at radius 2 is 1.83 bits per heavy atom. The number of methoxy groups -OCH3 is 2. The number of carboxylic acids is 1. The summed E-state index contributed by atoms with van der Waals surface area (Å²) in [5, 5.41) is 9.66. The normalized spacial score (nSPS) is 16.9. The highest BCUT2D eigenvalue weighted by molar-refractivity contribution is 7.87. The molecule has 1 N–H and O–H groups in total. The SMILES string of the molecule is COc1cc2c(cc1C(=O)O)C1Cc3ccc(OC)c(OS(=O)(=O)c4cccc(F)c4)c3CN1CC2. The van der Waals surface area contributed by atoms with E-state index in [4.69, 9.17) is 13.7 Å². The number of ether oxygens (including phenoxy) is 2. The van der Waals surface area contributed by atoms with Crippen LogP contribution in [0, 0.1) is 5.82 Å². The first-order valence-electron chi connectivity index (χ1n) is 11.3. The van der Waals surface area contributed by atoms with Crippen LogP contribution in [-0.2, 0) is 29.5 Å². The van der Waals surface area contributed by atoms with E-state index in [-0.39, 0.29) is 28.0 Å². The Labute approximate surface area is 208 Å². The van der Waals surface area contributed by atoms with Crippen LogP contribution in [0.4, 0.5) is 4.39 Å². The molecule has 3 aromatic rings. The van der Waals surface area contributed by atoms with Gasteiger partial charge in [-0.1, -0.05) is 12.1 Å². The zero-order chi connectivity index (χ0) is 25.6. The number of rotatable bonds is 6. The molecule has 2 aliphatic rings. The molecule has 0 aliphatic carbocycles. The molecule has 1 unspecified atom stereocenters. The van der Waals surface area contributed by atoms with Crippen LogP contribution in [0.15, 0.2) is 53.4 Å². The summed E-state index contributed by atoms with van der Waals surface area (Å²) < 4.78 is 55.9. The summed E-state index contributed by atoms with van der Waals surface area (Å²) in [6, 6.07) is 11.5. The van der Waals surface area contributed by atoms with Crippen molar-refractivity contribution in [2.45, 2.75) is 30.3 Å². The molecule has 0 saturated carbocycles. The molecule has 0 aromatic heterocycles. The monoisotopic (exact) mass is 513 g/mol. The molecule has 188 valence electrons. The van der Waals surface area contributed by atoms with Crippen LogP contribution in [0.25, 0.3) is 0 Å². The number of hydrogen-bond donors (Lipinski definition) is 1. The Kier molecular flexibility index (Phi) is 6.09. The average molecular weight is 514 g/mol. The Hall–Kier alpha value is -3.63. The van der Waals surface area contributed by atoms with Gasteiger partial charge in [0.25, 0.3) is 0 Å². The number of fused-ring (bicyclic) bond motifs is 4. The second-order valence-electron chi connectivity index (χ2n) is 8.73. The molecule has 1 atom stereocenters. The van der Waals surface area contributed by atoms with Gasteiger partial charge in [-0.05, 0) is 65.9 Å². The lowest BCUT2D eigenvalue weighted by Crippen LogP contribution is -2.39. The van der Waals surface area contributed by atoms with Crippen molar-refractivity contribution in [3.63, 3.8) is 0 Å². The lowest BCUT2D eigenvalue weighted by atomic mass is 9.83. The molecule has 0 amide bonds. The van der Waals surface area contributed by atoms with E-state index in [9.17, 15) is 22.7 Å². The maximum atomic E-state index is 13.7. The van der Waals surface area contributed by atoms with Gasteiger partial charge in [-0.25, -0.2) is 9.18 Å². The number of benzene rings is 3. The van der Waals surface area contributed by atoms with Gasteiger partial charge < -0.3 is 18.8 Å². The zero-order valence-corrected chi connectivity index (χ0v) is 20.5. The van der Waals surface area contributed by atoms with Crippen LogP contribution < -0.4 is 13.7 Å². The molecular formula is C26H24FNO7S. The van der Waals surface area contributed by atoms with Crippen molar-refractivity contribution in [2.24, 2.45) is 0 Å². The van der Waals surface area contributed by atoms with Crippen LogP contribution in [0.3, 0.4) is 0 Å². The first-order valence-corrected chi connectivity index (χ1v) is 12.7. The molecule has 5 rings (SSSR count). The highest BCUT2D eigenvalue weighted by Crippen LogP contribution is 2.45. The minimum absolute atomic E-state index is 0.0736. The van der Waals surface area contributed by atoms with Gasteiger partial charge in [-0.3, -0.25) is 4.90 Å². The Bertz CT molecular complexity index is 1470. The molecule has 0 bridgehead atoms. The van der Waals surface area contributed by atoms with Gasteiger partial charge in [0.2, 0.25) is 0 Å². The molecule has 0 fully saturated rings. The summed E-state index contributed by atoms with van der Waals surface area (Å²) in [5.74, 6) is -1.10. The highest BCUT2D eigenvalue weighted by Gasteiger charge is 2.36. The van der Waals surface area contributed by atoms with Crippen molar-refractivity contribution in [3.05, 3.63) is 82.2 Å². The standard InChI is InChI=1S/C26H24FNO7S/c1-33-23-7-6-15-10-22-19-13-20(26(29)30)24(34-2)11-16(19)8-9-28(22)14-21(15)25(23)35-36(31,32)18-5-3-4-17(27)12-18/h3-7,11-13,22H,8-10,14H2,1-2H3,(H,29,30). The number of hydrogen-bond acceptors (Lipinski definition) is 7. The summed E-state index contributed by atoms with van der Waals surface area (Å²) >= 11 is 0. The van der Waals surface area contributed by atoms with Gasteiger partial charge in [-0.2, -0.15) is 8.42 Å². The lowest BCUT2D eigenvalue weighted by Gasteiger charge is -2.42. The van der Waals surface area contributed by atoms with Gasteiger partial charge in [-0.15, -0.1) is 0 Å². The van der Waals surface area contributed by atoms with Gasteiger partial charge >= 0.3 is 16.1 Å². The van der Waals surface area contributed by atoms with Gasteiger partial charge in [0.1, 0.15) is 22.0 Å². The van der Waals surface area contributed by atoms with E-state index in [0.717, 1.165) is 28.8 Å². The maximum absolute atomic E-state index is 13.7. The topological polar surface area (TPSA) is 102 Å². The molecular weight excluding hydrogens is 489 g/mol. The predicted molar refractivity (Wildman–Crippen MR) is 128 cm³/mol. The molecule has 3 aromatic carbocycles. The fourth-order valence-corrected chi connectivity index (χ4v) is 6.00. The quantitative estimate of drug-likeness (QED) is 0.494. The van der Waals surface area contributed by atoms with Crippen LogP contribution in [0.2, 0.25) is 0 Å². The number of halogens is 1. The van der Waals surface area contributed by atoms with E-state index in [1.165, 1.54) is 26.4 Å². The van der Waals surface area contributed by atoms with Crippen LogP contribution in [-0.4, -0.2) is 45.2 Å². The molecule has 0 saturated heterocycles. The molecule has 2 heterocycles. The number of carbonyl (C=O) groups is 1. The van der Waals surface area contributed by atoms with Crippen LogP contribution >= 0.6 is 0 Å². The van der Waals surface area contributed by atoms with Crippen LogP contribution in [0.5, 0.6) is 17.2 Å². The van der Waals surface area contributed by atoms with Gasteiger partial charge in [0.15, 0.2) is 11.5 Å². The van der Waals surface area contributed by atoms with Crippen molar-refractivity contribution in [1.82, 2.24) is 4.90 Å². The molecule has 8 nitrogen and oxygen atoms in total. The Balaban J connectivity index is 1.55. The van der Waals surface area contributed by atoms with E-state index in [1.807, 2.05) is 6.07 Å². The van der Waals surface area contributed by atoms with Crippen molar-refractivity contribution < 1.29 is 36.4 Å². The van der Waals surface area contributed by atoms with Crippen molar-refractivity contribution in [2.75, 3.05) is 20.8 Å². The molecule has 0 spiro atoms. The summed E-state index contributed by atoms with van der Waals surface area (Å²) in [4.78, 5) is 13.7. The minimum atomic E-state index is -4.32. The average Bonchev–Trinajstić information content (AvgIpc) is 2.86. The van der Waals surface area contributed by atoms with E-state index in [0.29, 0.717) is 37.2 Å². The largest absolute Gasteiger partial charge is 0.496 e. The van der Waals surface area contributed by atoms with Crippen LogP contribution in [0.1, 0.15) is 38.7 Å². The van der Waals surface area contributed by atoms with Crippen molar-refractivity contribution >= 4 is 16.1 Å². The van der Waals surface area contributed by atoms with Crippen molar-refractivity contribution in [1.29, 1.82) is 0 Å². The summed E-state index contributed by atoms with van der Waals surface area (Å²) in [6.07, 6.45) is 1.20. The lowest BCUT2D eigenvalue weighted by molar-refractivity contribution is 0.0692. The summed E-state index contributed by atoms with van der Waals surface area (Å²) in [5.41, 5.74) is 3.57. The molecule has 36 heavy (non-hydrogen) atoms. The minimum Gasteiger partial charge on any atom is -0.496 e. The smallest absolute Gasteiger partial charge is 0.339 e. The first-order chi connectivity index (χ1) is 17.2. The Morgan fingerprint density at radius 3 is 2.53 bits per heavy atom. The van der Waals surface area contributed by atoms with E-state index in [2.05, 4.69) is 4.90 Å². The number of carboxylic acid groups (broad SMARTS) is 1. The summed E-state index contributed by atoms with van der Waals surface area (Å²) in [6.45, 7) is 1.05. The number of nitrogens with zero attached hydrogens (tertiary/aromatic N) is 1. The van der Waals surface area contributed by atoms with Gasteiger partial charge in [0, 0.05) is 24.7 Å². The molecule has 2 aliphatic heterocycles. The highest BCUT2D eigenvalue weighted by atomic mass is 32.2. The molecule has 0 radical (unpaired) electrons. The fourth-order valence-electron chi connectivity index (χ4n) is 5.00. The van der Waals surface area contributed by atoms with E-state index >= 15 is 0 Å². The fraction of sp³-hybridized carbons (Fsp3) is 0.269. The van der Waals surface area contributed by atoms with Gasteiger partial charge in [0.05, 0.1) is 14.2 Å². The number of aromatic carboxylic acids is 1. The maximum Gasteiger partial charge on any atom is 0.339 e. The summed E-state index contributed by atoms with van der Waals surface area (Å²) in [7, 11) is -1.45. The second-order valence-corrected chi connectivity index (χ2v) is 10.3. The van der Waals surface area contributed by atoms with E-state index < -0.39 is 21.9 Å². The third-order valence-corrected chi connectivity index (χ3v) is 7.97.